The van der Waals surface area contributed by atoms with Crippen LogP contribution in [0, 0.1) is 11.8 Å². The Morgan fingerprint density at radius 3 is 2.00 bits per heavy atom. The highest BCUT2D eigenvalue weighted by atomic mass is 35.5. The quantitative estimate of drug-likeness (QED) is 0.601. The van der Waals surface area contributed by atoms with Crippen LogP contribution < -0.4 is 0 Å². The first kappa shape index (κ1) is 8.33. The summed E-state index contributed by atoms with van der Waals surface area (Å²) in [7, 11) is 0. The number of carbonyl (C=O) groups is 2. The molecule has 2 N–H and O–H groups in total. The van der Waals surface area contributed by atoms with Crippen LogP contribution in [0.25, 0.3) is 0 Å². The molecule has 0 bridgehead atoms. The van der Waals surface area contributed by atoms with E-state index in [2.05, 4.69) is 0 Å². The monoisotopic (exact) mass is 178 g/mol. The van der Waals surface area contributed by atoms with Gasteiger partial charge in [0.05, 0.1) is 5.92 Å². The molecule has 11 heavy (non-hydrogen) atoms. The first-order valence-corrected chi connectivity index (χ1v) is 3.45. The first-order valence-electron chi connectivity index (χ1n) is 3.07. The molecule has 0 heterocycles. The molecule has 1 fully saturated rings. The lowest BCUT2D eigenvalue weighted by atomic mass is 10.3. The molecule has 1 saturated carbocycles. The molecule has 0 spiro atoms. The molecule has 0 aromatic rings. The largest absolute Gasteiger partial charge is 0.481 e. The highest BCUT2D eigenvalue weighted by Crippen LogP contribution is 2.55. The topological polar surface area (TPSA) is 74.6 Å². The molecule has 0 amide bonds. The molecule has 0 aromatic heterocycles. The van der Waals surface area contributed by atoms with E-state index in [4.69, 9.17) is 21.8 Å². The summed E-state index contributed by atoms with van der Waals surface area (Å²) in [6.45, 7) is 1.51. The van der Waals surface area contributed by atoms with Gasteiger partial charge in [0.15, 0.2) is 4.87 Å². The lowest BCUT2D eigenvalue weighted by Crippen LogP contribution is -2.21. The van der Waals surface area contributed by atoms with Crippen molar-refractivity contribution < 1.29 is 19.8 Å². The van der Waals surface area contributed by atoms with E-state index < -0.39 is 28.6 Å². The van der Waals surface area contributed by atoms with Crippen LogP contribution in [0.2, 0.25) is 0 Å². The Morgan fingerprint density at radius 1 is 1.45 bits per heavy atom. The van der Waals surface area contributed by atoms with E-state index >= 15 is 0 Å². The average Bonchev–Trinajstić information content (AvgIpc) is 2.37. The van der Waals surface area contributed by atoms with E-state index in [0.717, 1.165) is 0 Å². The summed E-state index contributed by atoms with van der Waals surface area (Å²) in [5.41, 5.74) is 0. The van der Waals surface area contributed by atoms with E-state index in [1.807, 2.05) is 0 Å². The molecular weight excluding hydrogens is 172 g/mol. The van der Waals surface area contributed by atoms with Crippen LogP contribution >= 0.6 is 11.6 Å². The number of alkyl halides is 1. The standard InChI is InChI=1S/C6H7ClO4/c1-2-3(4(8)9)6(2,7)5(10)11/h2-3H,1H3,(H,8,9)(H,10,11)/t2-,3+,6-/m1/s1. The van der Waals surface area contributed by atoms with Crippen molar-refractivity contribution in [1.82, 2.24) is 0 Å². The van der Waals surface area contributed by atoms with Crippen LogP contribution in [-0.4, -0.2) is 27.0 Å². The molecule has 0 unspecified atom stereocenters. The van der Waals surface area contributed by atoms with Crippen molar-refractivity contribution >= 4 is 23.5 Å². The Balaban J connectivity index is 2.81. The van der Waals surface area contributed by atoms with E-state index in [-0.39, 0.29) is 0 Å². The molecule has 4 nitrogen and oxygen atoms in total. The number of hydrogen-bond acceptors (Lipinski definition) is 2. The summed E-state index contributed by atoms with van der Waals surface area (Å²) in [5.74, 6) is -3.82. The van der Waals surface area contributed by atoms with Gasteiger partial charge in [-0.15, -0.1) is 11.6 Å². The minimum absolute atomic E-state index is 0.487. The molecule has 5 heteroatoms. The number of halogens is 1. The van der Waals surface area contributed by atoms with Gasteiger partial charge in [0.25, 0.3) is 0 Å². The third-order valence-corrected chi connectivity index (χ3v) is 2.84. The van der Waals surface area contributed by atoms with Gasteiger partial charge in [0, 0.05) is 5.92 Å². The average molecular weight is 179 g/mol. The van der Waals surface area contributed by atoms with Crippen LogP contribution in [0.15, 0.2) is 0 Å². The summed E-state index contributed by atoms with van der Waals surface area (Å²) in [6, 6.07) is 0. The molecule has 62 valence electrons. The Hall–Kier alpha value is -0.770. The fourth-order valence-electron chi connectivity index (χ4n) is 1.24. The SMILES string of the molecule is C[C@@H]1[C@@H](C(=O)O)[C@@]1(Cl)C(=O)O. The second-order valence-electron chi connectivity index (χ2n) is 2.68. The molecule has 0 aromatic carbocycles. The molecule has 3 atom stereocenters. The van der Waals surface area contributed by atoms with Crippen molar-refractivity contribution in [3.8, 4) is 0 Å². The zero-order valence-electron chi connectivity index (χ0n) is 5.74. The van der Waals surface area contributed by atoms with Gasteiger partial charge < -0.3 is 10.2 Å². The van der Waals surface area contributed by atoms with Gasteiger partial charge in [-0.05, 0) is 0 Å². The summed E-state index contributed by atoms with van der Waals surface area (Å²) in [4.78, 5) is 19.2. The van der Waals surface area contributed by atoms with Crippen LogP contribution in [0.5, 0.6) is 0 Å². The summed E-state index contributed by atoms with van der Waals surface area (Å²) in [6.07, 6.45) is 0. The van der Waals surface area contributed by atoms with Crippen molar-refractivity contribution in [3.05, 3.63) is 0 Å². The highest BCUT2D eigenvalue weighted by Gasteiger charge is 2.71. The normalized spacial score (nSPS) is 41.6. The number of aliphatic carboxylic acids is 2. The number of carboxylic acids is 2. The van der Waals surface area contributed by atoms with Crippen LogP contribution in [0.4, 0.5) is 0 Å². The van der Waals surface area contributed by atoms with Crippen LogP contribution in [-0.2, 0) is 9.59 Å². The second kappa shape index (κ2) is 2.11. The van der Waals surface area contributed by atoms with E-state index in [0.29, 0.717) is 0 Å². The van der Waals surface area contributed by atoms with E-state index in [1.54, 1.807) is 0 Å². The van der Waals surface area contributed by atoms with E-state index in [9.17, 15) is 9.59 Å². The third-order valence-electron chi connectivity index (χ3n) is 2.10. The maximum atomic E-state index is 10.4. The van der Waals surface area contributed by atoms with Gasteiger partial charge >= 0.3 is 11.9 Å². The van der Waals surface area contributed by atoms with Crippen molar-refractivity contribution in [2.75, 3.05) is 0 Å². The highest BCUT2D eigenvalue weighted by molar-refractivity contribution is 6.38. The Morgan fingerprint density at radius 2 is 1.91 bits per heavy atom. The van der Waals surface area contributed by atoms with Crippen molar-refractivity contribution in [1.29, 1.82) is 0 Å². The van der Waals surface area contributed by atoms with Gasteiger partial charge in [0.2, 0.25) is 0 Å². The van der Waals surface area contributed by atoms with Gasteiger partial charge in [0.1, 0.15) is 0 Å². The smallest absolute Gasteiger partial charge is 0.325 e. The summed E-state index contributed by atoms with van der Waals surface area (Å²) < 4.78 is 0. The Kier molecular flexibility index (Phi) is 1.59. The maximum absolute atomic E-state index is 10.4. The Bertz CT molecular complexity index is 227. The molecule has 0 aliphatic heterocycles. The fourth-order valence-corrected chi connectivity index (χ4v) is 1.59. The number of carboxylic acid groups (broad SMARTS) is 2. The van der Waals surface area contributed by atoms with E-state index in [1.165, 1.54) is 6.92 Å². The number of rotatable bonds is 2. The predicted molar refractivity (Wildman–Crippen MR) is 36.5 cm³/mol. The molecule has 1 aliphatic rings. The van der Waals surface area contributed by atoms with Crippen LogP contribution in [0.1, 0.15) is 6.92 Å². The molecule has 0 radical (unpaired) electrons. The summed E-state index contributed by atoms with van der Waals surface area (Å²) in [5, 5.41) is 17.0. The molecule has 0 saturated heterocycles. The zero-order chi connectivity index (χ0) is 8.81. The van der Waals surface area contributed by atoms with Gasteiger partial charge in [-0.1, -0.05) is 6.92 Å². The molecule has 1 aliphatic carbocycles. The second-order valence-corrected chi connectivity index (χ2v) is 3.30. The maximum Gasteiger partial charge on any atom is 0.325 e. The van der Waals surface area contributed by atoms with Gasteiger partial charge in [-0.3, -0.25) is 9.59 Å². The number of hydrogen-bond donors (Lipinski definition) is 2. The third kappa shape index (κ3) is 0.894. The summed E-state index contributed by atoms with van der Waals surface area (Å²) >= 11 is 5.51. The van der Waals surface area contributed by atoms with Gasteiger partial charge in [-0.2, -0.15) is 0 Å². The minimum Gasteiger partial charge on any atom is -0.481 e. The molecular formula is C6H7ClO4. The molecule has 1 rings (SSSR count). The lowest BCUT2D eigenvalue weighted by molar-refractivity contribution is -0.143. The first-order chi connectivity index (χ1) is 4.92. The predicted octanol–water partition coefficient (Wildman–Crippen LogP) is 0.399. The van der Waals surface area contributed by atoms with Crippen molar-refractivity contribution in [2.45, 2.75) is 11.8 Å². The Labute approximate surface area is 67.8 Å². The zero-order valence-corrected chi connectivity index (χ0v) is 6.50. The lowest BCUT2D eigenvalue weighted by Gasteiger charge is -1.97. The fraction of sp³-hybridized carbons (Fsp3) is 0.667. The van der Waals surface area contributed by atoms with Crippen molar-refractivity contribution in [3.63, 3.8) is 0 Å². The van der Waals surface area contributed by atoms with Crippen molar-refractivity contribution in [2.24, 2.45) is 11.8 Å². The minimum atomic E-state index is -1.56. The van der Waals surface area contributed by atoms with Crippen LogP contribution in [0.3, 0.4) is 0 Å². The van der Waals surface area contributed by atoms with Gasteiger partial charge in [-0.25, -0.2) is 0 Å².